The second kappa shape index (κ2) is 9.31. The number of hydrogen-bond acceptors (Lipinski definition) is 6. The van der Waals surface area contributed by atoms with Crippen LogP contribution in [0.2, 0.25) is 0 Å². The van der Waals surface area contributed by atoms with Gasteiger partial charge in [-0.25, -0.2) is 4.68 Å². The minimum atomic E-state index is -0.0476. The number of benzene rings is 1. The van der Waals surface area contributed by atoms with Crippen LogP contribution in [-0.4, -0.2) is 70.3 Å². The van der Waals surface area contributed by atoms with Crippen LogP contribution in [0.1, 0.15) is 16.8 Å². The molecule has 0 bridgehead atoms. The standard InChI is InChI=1S/C15H21N7O.ClH/c23-15(17-6-1-9-21-10-7-16-8-11-21)13-2-4-14(5-3-13)22-12-18-19-20-22;/h2-5,12,16H,1,6-11H2,(H,17,23);1H. The number of tetrazole rings is 1. The fraction of sp³-hybridized carbons (Fsp3) is 0.467. The highest BCUT2D eigenvalue weighted by Gasteiger charge is 2.09. The summed E-state index contributed by atoms with van der Waals surface area (Å²) in [5, 5.41) is 17.3. The quantitative estimate of drug-likeness (QED) is 0.718. The van der Waals surface area contributed by atoms with Crippen molar-refractivity contribution < 1.29 is 4.79 Å². The third-order valence-corrected chi connectivity index (χ3v) is 3.89. The molecule has 2 heterocycles. The van der Waals surface area contributed by atoms with Crippen LogP contribution in [0.3, 0.4) is 0 Å². The molecule has 3 rings (SSSR count). The molecular weight excluding hydrogens is 330 g/mol. The van der Waals surface area contributed by atoms with E-state index >= 15 is 0 Å². The fourth-order valence-electron chi connectivity index (χ4n) is 2.59. The van der Waals surface area contributed by atoms with Gasteiger partial charge in [-0.15, -0.1) is 17.5 Å². The van der Waals surface area contributed by atoms with Crippen molar-refractivity contribution in [1.82, 2.24) is 35.7 Å². The molecule has 2 N–H and O–H groups in total. The number of piperazine rings is 1. The average molecular weight is 352 g/mol. The van der Waals surface area contributed by atoms with Gasteiger partial charge in [0.25, 0.3) is 5.91 Å². The van der Waals surface area contributed by atoms with Crippen molar-refractivity contribution in [2.24, 2.45) is 0 Å². The maximum Gasteiger partial charge on any atom is 0.251 e. The Morgan fingerprint density at radius 3 is 2.62 bits per heavy atom. The highest BCUT2D eigenvalue weighted by molar-refractivity contribution is 5.94. The lowest BCUT2D eigenvalue weighted by atomic mass is 10.2. The molecule has 0 saturated carbocycles. The predicted octanol–water partition coefficient (Wildman–Crippen LogP) is 0.109. The number of carbonyl (C=O) groups is 1. The minimum absolute atomic E-state index is 0. The van der Waals surface area contributed by atoms with E-state index in [-0.39, 0.29) is 18.3 Å². The number of aromatic nitrogens is 4. The summed E-state index contributed by atoms with van der Waals surface area (Å²) in [4.78, 5) is 14.5. The number of amides is 1. The van der Waals surface area contributed by atoms with E-state index in [4.69, 9.17) is 0 Å². The van der Waals surface area contributed by atoms with Crippen molar-refractivity contribution >= 4 is 18.3 Å². The van der Waals surface area contributed by atoms with Gasteiger partial charge in [0.1, 0.15) is 6.33 Å². The fourth-order valence-corrected chi connectivity index (χ4v) is 2.59. The van der Waals surface area contributed by atoms with Crippen LogP contribution in [0, 0.1) is 0 Å². The molecule has 1 aliphatic heterocycles. The first kappa shape index (κ1) is 18.3. The van der Waals surface area contributed by atoms with Crippen molar-refractivity contribution in [3.8, 4) is 5.69 Å². The highest BCUT2D eigenvalue weighted by atomic mass is 35.5. The molecule has 1 aliphatic rings. The Kier molecular flexibility index (Phi) is 7.10. The Morgan fingerprint density at radius 1 is 1.21 bits per heavy atom. The van der Waals surface area contributed by atoms with Crippen molar-refractivity contribution in [2.75, 3.05) is 39.3 Å². The molecule has 0 aliphatic carbocycles. The number of halogens is 1. The Hall–Kier alpha value is -2.03. The third kappa shape index (κ3) is 4.98. The Morgan fingerprint density at radius 2 is 1.96 bits per heavy atom. The van der Waals surface area contributed by atoms with Crippen molar-refractivity contribution in [1.29, 1.82) is 0 Å². The van der Waals surface area contributed by atoms with E-state index < -0.39 is 0 Å². The summed E-state index contributed by atoms with van der Waals surface area (Å²) in [6.07, 6.45) is 2.49. The van der Waals surface area contributed by atoms with Gasteiger partial charge in [-0.3, -0.25) is 4.79 Å². The zero-order chi connectivity index (χ0) is 15.9. The van der Waals surface area contributed by atoms with E-state index in [0.29, 0.717) is 12.1 Å². The molecule has 1 fully saturated rings. The molecule has 1 amide bonds. The highest BCUT2D eigenvalue weighted by Crippen LogP contribution is 2.07. The van der Waals surface area contributed by atoms with E-state index in [0.717, 1.165) is 44.8 Å². The van der Waals surface area contributed by atoms with E-state index in [2.05, 4.69) is 31.1 Å². The smallest absolute Gasteiger partial charge is 0.251 e. The molecule has 1 aromatic carbocycles. The first-order valence-corrected chi connectivity index (χ1v) is 7.87. The van der Waals surface area contributed by atoms with Gasteiger partial charge in [0.2, 0.25) is 0 Å². The van der Waals surface area contributed by atoms with Gasteiger partial charge in [-0.2, -0.15) is 0 Å². The summed E-state index contributed by atoms with van der Waals surface area (Å²) in [6, 6.07) is 7.21. The lowest BCUT2D eigenvalue weighted by Crippen LogP contribution is -2.44. The van der Waals surface area contributed by atoms with E-state index in [1.54, 1.807) is 16.8 Å². The molecule has 0 spiro atoms. The number of hydrogen-bond donors (Lipinski definition) is 2. The monoisotopic (exact) mass is 351 g/mol. The maximum atomic E-state index is 12.1. The largest absolute Gasteiger partial charge is 0.352 e. The SMILES string of the molecule is Cl.O=C(NCCCN1CCNCC1)c1ccc(-n2cnnn2)cc1. The summed E-state index contributed by atoms with van der Waals surface area (Å²) in [7, 11) is 0. The molecule has 0 atom stereocenters. The van der Waals surface area contributed by atoms with Crippen LogP contribution in [0.15, 0.2) is 30.6 Å². The van der Waals surface area contributed by atoms with Gasteiger partial charge in [-0.1, -0.05) is 0 Å². The van der Waals surface area contributed by atoms with Crippen molar-refractivity contribution in [3.63, 3.8) is 0 Å². The van der Waals surface area contributed by atoms with Gasteiger partial charge < -0.3 is 15.5 Å². The lowest BCUT2D eigenvalue weighted by Gasteiger charge is -2.27. The van der Waals surface area contributed by atoms with Crippen LogP contribution >= 0.6 is 12.4 Å². The Bertz CT molecular complexity index is 611. The first-order chi connectivity index (χ1) is 11.3. The third-order valence-electron chi connectivity index (χ3n) is 3.89. The van der Waals surface area contributed by atoms with Crippen LogP contribution in [0.25, 0.3) is 5.69 Å². The molecule has 24 heavy (non-hydrogen) atoms. The molecule has 8 nitrogen and oxygen atoms in total. The second-order valence-corrected chi connectivity index (χ2v) is 5.50. The number of carbonyl (C=O) groups excluding carboxylic acids is 1. The minimum Gasteiger partial charge on any atom is -0.352 e. The molecular formula is C15H22ClN7O. The number of nitrogens with one attached hydrogen (secondary N) is 2. The first-order valence-electron chi connectivity index (χ1n) is 7.87. The summed E-state index contributed by atoms with van der Waals surface area (Å²) in [5.74, 6) is -0.0476. The predicted molar refractivity (Wildman–Crippen MR) is 92.7 cm³/mol. The maximum absolute atomic E-state index is 12.1. The van der Waals surface area contributed by atoms with Crippen molar-refractivity contribution in [2.45, 2.75) is 6.42 Å². The summed E-state index contributed by atoms with van der Waals surface area (Å²) < 4.78 is 1.55. The average Bonchev–Trinajstić information content (AvgIpc) is 3.14. The number of rotatable bonds is 6. The summed E-state index contributed by atoms with van der Waals surface area (Å²) in [6.45, 7) is 6.01. The van der Waals surface area contributed by atoms with Gasteiger partial charge in [0, 0.05) is 38.3 Å². The van der Waals surface area contributed by atoms with Crippen LogP contribution in [0.5, 0.6) is 0 Å². The molecule has 0 radical (unpaired) electrons. The van der Waals surface area contributed by atoms with Gasteiger partial charge >= 0.3 is 0 Å². The van der Waals surface area contributed by atoms with E-state index in [1.165, 1.54) is 6.33 Å². The topological polar surface area (TPSA) is 88.0 Å². The molecule has 130 valence electrons. The van der Waals surface area contributed by atoms with Crippen LogP contribution in [0.4, 0.5) is 0 Å². The van der Waals surface area contributed by atoms with Crippen molar-refractivity contribution in [3.05, 3.63) is 36.2 Å². The molecule has 2 aromatic rings. The van der Waals surface area contributed by atoms with E-state index in [1.807, 2.05) is 12.1 Å². The normalized spacial score (nSPS) is 14.8. The molecule has 1 saturated heterocycles. The zero-order valence-electron chi connectivity index (χ0n) is 13.4. The molecule has 9 heteroatoms. The zero-order valence-corrected chi connectivity index (χ0v) is 14.2. The van der Waals surface area contributed by atoms with Crippen LogP contribution in [-0.2, 0) is 0 Å². The van der Waals surface area contributed by atoms with Gasteiger partial charge in [0.05, 0.1) is 5.69 Å². The Balaban J connectivity index is 0.00000208. The Labute approximate surface area is 147 Å². The second-order valence-electron chi connectivity index (χ2n) is 5.50. The summed E-state index contributed by atoms with van der Waals surface area (Å²) >= 11 is 0. The summed E-state index contributed by atoms with van der Waals surface area (Å²) in [5.41, 5.74) is 1.47. The van der Waals surface area contributed by atoms with Crippen LogP contribution < -0.4 is 10.6 Å². The van der Waals surface area contributed by atoms with Gasteiger partial charge in [-0.05, 0) is 47.7 Å². The number of nitrogens with zero attached hydrogens (tertiary/aromatic N) is 5. The molecule has 0 unspecified atom stereocenters. The molecule has 1 aromatic heterocycles. The van der Waals surface area contributed by atoms with Gasteiger partial charge in [0.15, 0.2) is 0 Å². The lowest BCUT2D eigenvalue weighted by molar-refractivity contribution is 0.0951. The van der Waals surface area contributed by atoms with E-state index in [9.17, 15) is 4.79 Å².